The first-order valence-electron chi connectivity index (χ1n) is 17.6. The van der Waals surface area contributed by atoms with Crippen LogP contribution in [0.1, 0.15) is 44.4 Å². The normalized spacial score (nSPS) is 14.9. The van der Waals surface area contributed by atoms with Gasteiger partial charge in [-0.1, -0.05) is 186 Å². The molecule has 49 heavy (non-hydrogen) atoms. The molecule has 0 nitrogen and oxygen atoms in total. The first kappa shape index (κ1) is 32.6. The van der Waals surface area contributed by atoms with Crippen LogP contribution in [0.15, 0.2) is 168 Å². The number of allylic oxidation sites excluding steroid dienone is 4. The van der Waals surface area contributed by atoms with Gasteiger partial charge in [-0.2, -0.15) is 0 Å². The molecule has 1 heteroatoms. The Kier molecular flexibility index (Phi) is 8.73. The maximum atomic E-state index is 2.47. The molecule has 0 bridgehead atoms. The van der Waals surface area contributed by atoms with Gasteiger partial charge in [0, 0.05) is 0 Å². The number of rotatable bonds is 7. The number of hydrogen-bond donors (Lipinski definition) is 0. The Labute approximate surface area is 294 Å². The number of hydrogen-bond acceptors (Lipinski definition) is 0. The van der Waals surface area contributed by atoms with Gasteiger partial charge >= 0.3 is 0 Å². The lowest BCUT2D eigenvalue weighted by molar-refractivity contribution is 0.852. The van der Waals surface area contributed by atoms with Crippen molar-refractivity contribution in [2.75, 3.05) is 0 Å². The predicted molar refractivity (Wildman–Crippen MR) is 215 cm³/mol. The molecule has 0 aromatic heterocycles. The minimum atomic E-state index is -3.09. The van der Waals surface area contributed by atoms with Gasteiger partial charge in [0.1, 0.15) is 0 Å². The van der Waals surface area contributed by atoms with Crippen molar-refractivity contribution in [2.45, 2.75) is 48.5 Å². The average molecular weight is 651 g/mol. The maximum Gasteiger partial charge on any atom is 0.178 e. The summed E-state index contributed by atoms with van der Waals surface area (Å²) in [5.41, 5.74) is 16.0. The van der Waals surface area contributed by atoms with E-state index in [1.54, 1.807) is 5.20 Å². The Bertz CT molecular complexity index is 2000. The lowest BCUT2D eigenvalue weighted by atomic mass is 10.0. The summed E-state index contributed by atoms with van der Waals surface area (Å²) < 4.78 is 0. The Morgan fingerprint density at radius 2 is 0.673 bits per heavy atom. The summed E-state index contributed by atoms with van der Waals surface area (Å²) in [4.78, 5) is 0. The molecule has 0 saturated carbocycles. The van der Waals surface area contributed by atoms with Gasteiger partial charge < -0.3 is 0 Å². The quantitative estimate of drug-likeness (QED) is 0.119. The van der Waals surface area contributed by atoms with E-state index in [2.05, 4.69) is 194 Å². The van der Waals surface area contributed by atoms with Gasteiger partial charge in [-0.05, 0) is 102 Å². The lowest BCUT2D eigenvalue weighted by Crippen LogP contribution is -2.71. The largest absolute Gasteiger partial charge is 0.178 e. The van der Waals surface area contributed by atoms with Crippen LogP contribution in [0.3, 0.4) is 0 Å². The molecule has 0 N–H and O–H groups in total. The second-order valence-corrected chi connectivity index (χ2v) is 17.7. The third-order valence-corrected chi connectivity index (χ3v) is 16.5. The maximum absolute atomic E-state index is 3.09. The van der Waals surface area contributed by atoms with E-state index in [0.29, 0.717) is 5.92 Å². The zero-order valence-electron chi connectivity index (χ0n) is 29.9. The van der Waals surface area contributed by atoms with E-state index < -0.39 is 8.07 Å². The van der Waals surface area contributed by atoms with Crippen molar-refractivity contribution in [3.05, 3.63) is 184 Å². The first-order valence-corrected chi connectivity index (χ1v) is 19.6. The molecule has 0 aliphatic heterocycles. The van der Waals surface area contributed by atoms with Gasteiger partial charge in [0.15, 0.2) is 8.07 Å². The smallest absolute Gasteiger partial charge is 0.0636 e. The third kappa shape index (κ3) is 5.57. The fourth-order valence-corrected chi connectivity index (χ4v) is 14.5. The van der Waals surface area contributed by atoms with E-state index in [1.165, 1.54) is 82.4 Å². The summed E-state index contributed by atoms with van der Waals surface area (Å²) in [6.07, 6.45) is 0. The Balaban J connectivity index is 1.72. The van der Waals surface area contributed by atoms with Crippen molar-refractivity contribution in [3.8, 4) is 33.4 Å². The van der Waals surface area contributed by atoms with E-state index in [0.717, 1.165) is 0 Å². The van der Waals surface area contributed by atoms with Crippen LogP contribution in [0.2, 0.25) is 0 Å². The van der Waals surface area contributed by atoms with Crippen molar-refractivity contribution in [1.82, 2.24) is 0 Å². The molecule has 1 unspecified atom stereocenters. The molecule has 242 valence electrons. The van der Waals surface area contributed by atoms with Crippen molar-refractivity contribution < 1.29 is 0 Å². The van der Waals surface area contributed by atoms with Gasteiger partial charge in [-0.3, -0.25) is 0 Å². The highest BCUT2D eigenvalue weighted by Crippen LogP contribution is 2.44. The SMILES string of the molecule is CC1=C(C)C(C)C([Si](c2ccccc2-c2ccc(C)cc2)(c2ccccc2-c2ccc(C)cc2)c2ccccc2-c2ccc(C)cc2)=C1C. The number of benzene rings is 6. The highest BCUT2D eigenvalue weighted by atomic mass is 28.3. The molecule has 0 heterocycles. The van der Waals surface area contributed by atoms with Gasteiger partial charge in [0.05, 0.1) is 0 Å². The molecule has 0 amide bonds. The van der Waals surface area contributed by atoms with E-state index in [-0.39, 0.29) is 0 Å². The van der Waals surface area contributed by atoms with Crippen LogP contribution in [0.4, 0.5) is 0 Å². The van der Waals surface area contributed by atoms with Crippen molar-refractivity contribution in [3.63, 3.8) is 0 Å². The summed E-state index contributed by atoms with van der Waals surface area (Å²) in [5.74, 6) is 0.301. The molecule has 1 aliphatic carbocycles. The molecular formula is C48H46Si. The van der Waals surface area contributed by atoms with E-state index in [9.17, 15) is 0 Å². The van der Waals surface area contributed by atoms with Crippen LogP contribution in [0.25, 0.3) is 33.4 Å². The third-order valence-electron chi connectivity index (χ3n) is 11.1. The molecule has 1 atom stereocenters. The highest BCUT2D eigenvalue weighted by molar-refractivity contribution is 7.18. The van der Waals surface area contributed by atoms with Gasteiger partial charge in [-0.25, -0.2) is 0 Å². The zero-order valence-corrected chi connectivity index (χ0v) is 30.9. The Hall–Kier alpha value is -4.98. The van der Waals surface area contributed by atoms with Crippen LogP contribution >= 0.6 is 0 Å². The van der Waals surface area contributed by atoms with Crippen LogP contribution in [0.5, 0.6) is 0 Å². The van der Waals surface area contributed by atoms with Gasteiger partial charge in [0.2, 0.25) is 0 Å². The predicted octanol–water partition coefficient (Wildman–Crippen LogP) is 10.9. The standard InChI is InChI=1S/C48H46Si/c1-32-20-26-39(27-21-32)42-14-8-11-17-45(42)49(48-37(6)35(4)36(5)38(48)7,46-18-12-9-15-43(46)40-28-22-33(2)23-29-40)47-19-13-10-16-44(47)41-30-24-34(3)25-31-41/h8-31,37H,1-7H3. The van der Waals surface area contributed by atoms with E-state index in [4.69, 9.17) is 0 Å². The molecule has 6 aromatic rings. The monoisotopic (exact) mass is 650 g/mol. The first-order chi connectivity index (χ1) is 23.7. The Morgan fingerprint density at radius 1 is 0.367 bits per heavy atom. The van der Waals surface area contributed by atoms with Crippen molar-refractivity contribution in [1.29, 1.82) is 0 Å². The van der Waals surface area contributed by atoms with Crippen LogP contribution in [-0.2, 0) is 0 Å². The summed E-state index contributed by atoms with van der Waals surface area (Å²) in [7, 11) is -3.09. The summed E-state index contributed by atoms with van der Waals surface area (Å²) in [5, 5.41) is 5.94. The average Bonchev–Trinajstić information content (AvgIpc) is 3.32. The zero-order chi connectivity index (χ0) is 34.3. The molecular weight excluding hydrogens is 605 g/mol. The van der Waals surface area contributed by atoms with E-state index >= 15 is 0 Å². The molecule has 0 radical (unpaired) electrons. The fraction of sp³-hybridized carbons (Fsp3) is 0.167. The second-order valence-electron chi connectivity index (χ2n) is 14.1. The van der Waals surface area contributed by atoms with Crippen molar-refractivity contribution in [2.24, 2.45) is 5.92 Å². The molecule has 0 saturated heterocycles. The molecule has 7 rings (SSSR count). The summed E-state index contributed by atoms with van der Waals surface area (Å²) in [6.45, 7) is 16.1. The Morgan fingerprint density at radius 3 is 0.959 bits per heavy atom. The number of aryl methyl sites for hydroxylation is 3. The minimum absolute atomic E-state index is 0.301. The molecule has 0 spiro atoms. The topological polar surface area (TPSA) is 0 Å². The van der Waals surface area contributed by atoms with Crippen LogP contribution < -0.4 is 15.6 Å². The van der Waals surface area contributed by atoms with Crippen LogP contribution in [0, 0.1) is 26.7 Å². The van der Waals surface area contributed by atoms with Crippen molar-refractivity contribution >= 4 is 23.6 Å². The highest BCUT2D eigenvalue weighted by Gasteiger charge is 2.51. The summed E-state index contributed by atoms with van der Waals surface area (Å²) in [6, 6.07) is 55.5. The lowest BCUT2D eigenvalue weighted by Gasteiger charge is -2.42. The second kappa shape index (κ2) is 13.1. The van der Waals surface area contributed by atoms with Gasteiger partial charge in [0.25, 0.3) is 0 Å². The molecule has 6 aromatic carbocycles. The fourth-order valence-electron chi connectivity index (χ4n) is 8.23. The summed E-state index contributed by atoms with van der Waals surface area (Å²) >= 11 is 0. The minimum Gasteiger partial charge on any atom is -0.0636 e. The van der Waals surface area contributed by atoms with Crippen LogP contribution in [-0.4, -0.2) is 8.07 Å². The van der Waals surface area contributed by atoms with Gasteiger partial charge in [-0.15, -0.1) is 0 Å². The molecule has 0 fully saturated rings. The molecule has 1 aliphatic rings. The van der Waals surface area contributed by atoms with E-state index in [1.807, 2.05) is 0 Å².